The zero-order valence-electron chi connectivity index (χ0n) is 16.9. The van der Waals surface area contributed by atoms with Crippen molar-refractivity contribution >= 4 is 0 Å². The van der Waals surface area contributed by atoms with Gasteiger partial charge < -0.3 is 30.5 Å². The number of ether oxygens (including phenoxy) is 2. The van der Waals surface area contributed by atoms with Crippen LogP contribution >= 0.6 is 0 Å². The second kappa shape index (κ2) is 10.2. The first kappa shape index (κ1) is 23.8. The smallest absolute Gasteiger partial charge is 0.330 e. The predicted molar refractivity (Wildman–Crippen MR) is 108 cm³/mol. The van der Waals surface area contributed by atoms with Crippen LogP contribution in [-0.2, 0) is 9.47 Å². The highest BCUT2D eigenvalue weighted by Gasteiger charge is 2.35. The number of aromatic amines is 2. The molecule has 14 nitrogen and oxygen atoms in total. The van der Waals surface area contributed by atoms with Gasteiger partial charge in [0, 0.05) is 43.9 Å². The van der Waals surface area contributed by atoms with Crippen LogP contribution in [0.15, 0.2) is 43.7 Å². The van der Waals surface area contributed by atoms with Crippen molar-refractivity contribution in [3.8, 4) is 0 Å². The number of rotatable bonds is 4. The van der Waals surface area contributed by atoms with E-state index >= 15 is 0 Å². The highest BCUT2D eigenvalue weighted by atomic mass is 16.5. The van der Waals surface area contributed by atoms with Gasteiger partial charge in [0.05, 0.1) is 24.9 Å². The van der Waals surface area contributed by atoms with Crippen molar-refractivity contribution in [2.24, 2.45) is 5.73 Å². The summed E-state index contributed by atoms with van der Waals surface area (Å²) in [5.41, 5.74) is 3.30. The summed E-state index contributed by atoms with van der Waals surface area (Å²) in [4.78, 5) is 48.8. The Morgan fingerprint density at radius 3 is 1.66 bits per heavy atom. The molecular formula is C18H25N5O9. The van der Waals surface area contributed by atoms with E-state index in [1.54, 1.807) is 0 Å². The molecular weight excluding hydrogens is 430 g/mol. The minimum Gasteiger partial charge on any atom is -0.394 e. The normalized spacial score (nSPS) is 29.5. The molecule has 2 aromatic rings. The molecule has 32 heavy (non-hydrogen) atoms. The zero-order chi connectivity index (χ0) is 23.4. The van der Waals surface area contributed by atoms with Crippen molar-refractivity contribution in [2.45, 2.75) is 49.7 Å². The van der Waals surface area contributed by atoms with Crippen LogP contribution in [0.1, 0.15) is 25.3 Å². The van der Waals surface area contributed by atoms with Gasteiger partial charge in [-0.3, -0.25) is 28.7 Å². The molecule has 0 spiro atoms. The summed E-state index contributed by atoms with van der Waals surface area (Å²) in [5.74, 6) is 0. The molecule has 4 heterocycles. The lowest BCUT2D eigenvalue weighted by molar-refractivity contribution is -0.0459. The van der Waals surface area contributed by atoms with E-state index < -0.39 is 59.4 Å². The van der Waals surface area contributed by atoms with Crippen LogP contribution in [0.5, 0.6) is 0 Å². The van der Waals surface area contributed by atoms with Crippen LogP contribution in [-0.4, -0.2) is 72.0 Å². The van der Waals surface area contributed by atoms with Crippen LogP contribution in [0.2, 0.25) is 0 Å². The molecule has 2 aliphatic rings. The molecule has 2 aromatic heterocycles. The molecule has 0 bridgehead atoms. The molecule has 6 atom stereocenters. The van der Waals surface area contributed by atoms with Crippen LogP contribution in [0.25, 0.3) is 0 Å². The average molecular weight is 455 g/mol. The SMILES string of the molecule is NC[C@H]1O[C@@H](n2ccc(=O)[nH]c2=O)C[C@@H]1O.O=c1ccn([C@H]2C[C@H](O)[C@@H](CO)O2)c(=O)[nH]1. The van der Waals surface area contributed by atoms with Gasteiger partial charge >= 0.3 is 11.4 Å². The minimum absolute atomic E-state index is 0.190. The standard InChI is InChI=1S/C9H13N3O4.C9H12N2O5/c10-4-6-5(13)3-8(16-6)12-2-1-7(14)11-9(12)15;12-4-6-5(13)3-8(16-6)11-2-1-7(14)10-9(11)15/h1-2,5-6,8,13H,3-4,10H2,(H,11,14,15);1-2,5-6,8,12-13H,3-4H2,(H,10,14,15)/t2*5-,6+,8+/m00/s1. The fourth-order valence-corrected chi connectivity index (χ4v) is 3.46. The van der Waals surface area contributed by atoms with Gasteiger partial charge in [0.25, 0.3) is 11.1 Å². The van der Waals surface area contributed by atoms with Crippen LogP contribution in [0, 0.1) is 0 Å². The number of nitrogens with zero attached hydrogens (tertiary/aromatic N) is 2. The third kappa shape index (κ3) is 5.29. The number of hydrogen-bond acceptors (Lipinski definition) is 10. The first-order chi connectivity index (χ1) is 15.2. The number of nitrogens with two attached hydrogens (primary N) is 1. The summed E-state index contributed by atoms with van der Waals surface area (Å²) in [5, 5.41) is 28.0. The van der Waals surface area contributed by atoms with Gasteiger partial charge in [-0.05, 0) is 0 Å². The lowest BCUT2D eigenvalue weighted by atomic mass is 10.2. The van der Waals surface area contributed by atoms with E-state index in [1.807, 2.05) is 0 Å². The third-order valence-electron chi connectivity index (χ3n) is 5.14. The van der Waals surface area contributed by atoms with E-state index in [0.717, 1.165) is 0 Å². The number of aliphatic hydroxyl groups is 3. The molecule has 2 aliphatic heterocycles. The van der Waals surface area contributed by atoms with E-state index in [2.05, 4.69) is 9.97 Å². The number of hydrogen-bond donors (Lipinski definition) is 6. The first-order valence-electron chi connectivity index (χ1n) is 9.84. The Morgan fingerprint density at radius 1 is 0.875 bits per heavy atom. The average Bonchev–Trinajstić information content (AvgIpc) is 3.30. The Morgan fingerprint density at radius 2 is 1.31 bits per heavy atom. The third-order valence-corrected chi connectivity index (χ3v) is 5.14. The van der Waals surface area contributed by atoms with E-state index in [1.165, 1.54) is 33.7 Å². The van der Waals surface area contributed by atoms with Gasteiger partial charge in [-0.15, -0.1) is 0 Å². The maximum absolute atomic E-state index is 11.4. The topological polar surface area (TPSA) is 215 Å². The summed E-state index contributed by atoms with van der Waals surface area (Å²) in [6, 6.07) is 2.43. The van der Waals surface area contributed by atoms with Gasteiger partial charge in [-0.25, -0.2) is 9.59 Å². The van der Waals surface area contributed by atoms with Gasteiger partial charge in [-0.1, -0.05) is 0 Å². The van der Waals surface area contributed by atoms with Gasteiger partial charge in [0.15, 0.2) is 0 Å². The highest BCUT2D eigenvalue weighted by Crippen LogP contribution is 2.27. The molecule has 2 fully saturated rings. The van der Waals surface area contributed by atoms with E-state index in [4.69, 9.17) is 20.3 Å². The lowest BCUT2D eigenvalue weighted by Crippen LogP contribution is -2.32. The van der Waals surface area contributed by atoms with Crippen molar-refractivity contribution < 1.29 is 24.8 Å². The molecule has 0 aliphatic carbocycles. The molecule has 2 saturated heterocycles. The van der Waals surface area contributed by atoms with E-state index in [9.17, 15) is 29.4 Å². The Balaban J connectivity index is 0.000000181. The second-order valence-electron chi connectivity index (χ2n) is 7.32. The van der Waals surface area contributed by atoms with Gasteiger partial charge in [0.1, 0.15) is 18.6 Å². The van der Waals surface area contributed by atoms with Gasteiger partial charge in [-0.2, -0.15) is 0 Å². The quantitative estimate of drug-likeness (QED) is 0.265. The molecule has 0 amide bonds. The Bertz CT molecular complexity index is 1050. The van der Waals surface area contributed by atoms with Crippen molar-refractivity contribution in [1.29, 1.82) is 0 Å². The molecule has 0 saturated carbocycles. The second-order valence-corrected chi connectivity index (χ2v) is 7.32. The Hall–Kier alpha value is -2.88. The number of aromatic nitrogens is 4. The van der Waals surface area contributed by atoms with E-state index in [-0.39, 0.29) is 26.0 Å². The Labute approximate surface area is 179 Å². The van der Waals surface area contributed by atoms with Crippen LogP contribution in [0.4, 0.5) is 0 Å². The van der Waals surface area contributed by atoms with Crippen molar-refractivity contribution in [3.63, 3.8) is 0 Å². The maximum atomic E-state index is 11.4. The molecule has 14 heteroatoms. The monoisotopic (exact) mass is 455 g/mol. The summed E-state index contributed by atoms with van der Waals surface area (Å²) in [6.07, 6.45) is -0.750. The number of H-pyrrole nitrogens is 2. The predicted octanol–water partition coefficient (Wildman–Crippen LogP) is -3.68. The summed E-state index contributed by atoms with van der Waals surface area (Å²) in [6.45, 7) is -0.120. The number of aliphatic hydroxyl groups excluding tert-OH is 3. The van der Waals surface area contributed by atoms with Crippen LogP contribution < -0.4 is 28.2 Å². The molecule has 0 radical (unpaired) electrons. The first-order valence-corrected chi connectivity index (χ1v) is 9.84. The summed E-state index contributed by atoms with van der Waals surface area (Å²) in [7, 11) is 0. The summed E-state index contributed by atoms with van der Waals surface area (Å²) >= 11 is 0. The molecule has 0 aromatic carbocycles. The van der Waals surface area contributed by atoms with Gasteiger partial charge in [0.2, 0.25) is 0 Å². The lowest BCUT2D eigenvalue weighted by Gasteiger charge is -2.13. The van der Waals surface area contributed by atoms with Crippen molar-refractivity contribution in [2.75, 3.05) is 13.2 Å². The van der Waals surface area contributed by atoms with Crippen LogP contribution in [0.3, 0.4) is 0 Å². The number of nitrogens with one attached hydrogen (secondary N) is 2. The summed E-state index contributed by atoms with van der Waals surface area (Å²) < 4.78 is 13.1. The van der Waals surface area contributed by atoms with Crippen molar-refractivity contribution in [3.05, 3.63) is 66.2 Å². The highest BCUT2D eigenvalue weighted by molar-refractivity contribution is 4.89. The maximum Gasteiger partial charge on any atom is 0.330 e. The fraction of sp³-hybridized carbons (Fsp3) is 0.556. The minimum atomic E-state index is -0.811. The fourth-order valence-electron chi connectivity index (χ4n) is 3.46. The Kier molecular flexibility index (Phi) is 7.55. The molecule has 176 valence electrons. The molecule has 4 rings (SSSR count). The molecule has 7 N–H and O–H groups in total. The van der Waals surface area contributed by atoms with Crippen molar-refractivity contribution in [1.82, 2.24) is 19.1 Å². The zero-order valence-corrected chi connectivity index (χ0v) is 16.9. The molecule has 0 unspecified atom stereocenters. The van der Waals surface area contributed by atoms with E-state index in [0.29, 0.717) is 0 Å². The largest absolute Gasteiger partial charge is 0.394 e.